The van der Waals surface area contributed by atoms with Gasteiger partial charge in [-0.15, -0.1) is 0 Å². The zero-order chi connectivity index (χ0) is 29.1. The number of halogens is 3. The van der Waals surface area contributed by atoms with Gasteiger partial charge in [0.15, 0.2) is 4.80 Å². The molecule has 1 aliphatic rings. The Bertz CT molecular complexity index is 1800. The van der Waals surface area contributed by atoms with E-state index in [0.29, 0.717) is 37.5 Å². The molecule has 11 heteroatoms. The molecule has 1 aromatic heterocycles. The molecule has 1 aliphatic heterocycles. The summed E-state index contributed by atoms with van der Waals surface area (Å²) in [5.74, 6) is -0.128. The number of thiazole rings is 1. The van der Waals surface area contributed by atoms with Gasteiger partial charge in [-0.2, -0.15) is 8.78 Å². The Kier molecular flexibility index (Phi) is 8.46. The summed E-state index contributed by atoms with van der Waals surface area (Å²) in [5, 5.41) is 0. The number of nitrogens with zero attached hydrogens (tertiary/aromatic N) is 2. The predicted octanol–water partition coefficient (Wildman–Crippen LogP) is 5.31. The van der Waals surface area contributed by atoms with Crippen LogP contribution in [-0.4, -0.2) is 30.9 Å². The highest BCUT2D eigenvalue weighted by molar-refractivity contribution is 9.10. The molecule has 5 rings (SSSR count). The van der Waals surface area contributed by atoms with E-state index in [9.17, 15) is 18.4 Å². The maximum absolute atomic E-state index is 14.0. The van der Waals surface area contributed by atoms with E-state index in [-0.39, 0.29) is 23.5 Å². The van der Waals surface area contributed by atoms with E-state index in [1.54, 1.807) is 43.3 Å². The molecule has 0 spiro atoms. The first-order valence-electron chi connectivity index (χ1n) is 12.5. The minimum atomic E-state index is -2.94. The first-order chi connectivity index (χ1) is 19.8. The minimum Gasteiger partial charge on any atom is -0.496 e. The summed E-state index contributed by atoms with van der Waals surface area (Å²) in [4.78, 5) is 32.8. The lowest BCUT2D eigenvalue weighted by Gasteiger charge is -2.27. The van der Waals surface area contributed by atoms with E-state index < -0.39 is 18.6 Å². The summed E-state index contributed by atoms with van der Waals surface area (Å²) in [5.41, 5.74) is 2.04. The van der Waals surface area contributed by atoms with Gasteiger partial charge in [0, 0.05) is 15.6 Å². The molecular formula is C30H23BrF2N2O5S. The van der Waals surface area contributed by atoms with Crippen molar-refractivity contribution in [3.05, 3.63) is 119 Å². The lowest BCUT2D eigenvalue weighted by Crippen LogP contribution is -2.40. The van der Waals surface area contributed by atoms with E-state index in [2.05, 4.69) is 20.7 Å². The lowest BCUT2D eigenvalue weighted by molar-refractivity contribution is -0.138. The van der Waals surface area contributed by atoms with Crippen LogP contribution in [0.4, 0.5) is 8.78 Å². The Labute approximate surface area is 245 Å². The zero-order valence-corrected chi connectivity index (χ0v) is 24.2. The van der Waals surface area contributed by atoms with E-state index >= 15 is 0 Å². The van der Waals surface area contributed by atoms with Gasteiger partial charge in [-0.1, -0.05) is 69.7 Å². The molecule has 210 valence electrons. The van der Waals surface area contributed by atoms with Gasteiger partial charge in [-0.05, 0) is 48.9 Å². The van der Waals surface area contributed by atoms with Gasteiger partial charge in [0.25, 0.3) is 5.56 Å². The highest BCUT2D eigenvalue weighted by Crippen LogP contribution is 2.39. The molecule has 0 N–H and O–H groups in total. The first-order valence-corrected chi connectivity index (χ1v) is 14.1. The highest BCUT2D eigenvalue weighted by atomic mass is 79.9. The van der Waals surface area contributed by atoms with Gasteiger partial charge in [-0.3, -0.25) is 9.36 Å². The van der Waals surface area contributed by atoms with E-state index in [1.165, 1.54) is 23.8 Å². The molecule has 0 aliphatic carbocycles. The van der Waals surface area contributed by atoms with Crippen molar-refractivity contribution in [2.75, 3.05) is 13.7 Å². The quantitative estimate of drug-likeness (QED) is 0.244. The summed E-state index contributed by atoms with van der Waals surface area (Å²) in [6.07, 6.45) is 1.64. The van der Waals surface area contributed by atoms with Crippen LogP contribution < -0.4 is 24.4 Å². The molecule has 0 unspecified atom stereocenters. The third kappa shape index (κ3) is 5.86. The molecule has 7 nitrogen and oxygen atoms in total. The molecule has 2 heterocycles. The standard InChI is InChI=1S/C30H23BrF2N2O5S/c1-3-39-28(37)24-25(18-7-5-4-6-8-18)34-30-35(26(24)21-16-19(31)11-14-22(21)38-2)27(36)23(41-30)15-17-9-12-20(13-10-17)40-29(32)33/h4-16,26,29H,3H2,1-2H3/b23-15-/t26-/m0/s1. The fraction of sp³-hybridized carbons (Fsp3) is 0.167. The number of esters is 1. The highest BCUT2D eigenvalue weighted by Gasteiger charge is 2.36. The number of alkyl halides is 2. The molecule has 1 atom stereocenters. The van der Waals surface area contributed by atoms with Crippen LogP contribution in [0, 0.1) is 0 Å². The Balaban J connectivity index is 1.79. The van der Waals surface area contributed by atoms with Gasteiger partial charge in [0.2, 0.25) is 0 Å². The third-order valence-corrected chi connectivity index (χ3v) is 7.74. The third-order valence-electron chi connectivity index (χ3n) is 6.26. The van der Waals surface area contributed by atoms with Crippen LogP contribution in [-0.2, 0) is 9.53 Å². The SMILES string of the molecule is CCOC(=O)C1=C(c2ccccc2)N=c2s/c(=C\c3ccc(OC(F)F)cc3)c(=O)n2[C@H]1c1cc(Br)ccc1OC. The van der Waals surface area contributed by atoms with Crippen molar-refractivity contribution in [3.63, 3.8) is 0 Å². The molecular weight excluding hydrogens is 618 g/mol. The molecule has 41 heavy (non-hydrogen) atoms. The van der Waals surface area contributed by atoms with Gasteiger partial charge in [-0.25, -0.2) is 9.79 Å². The summed E-state index contributed by atoms with van der Waals surface area (Å²) < 4.78 is 43.2. The van der Waals surface area contributed by atoms with Crippen LogP contribution >= 0.6 is 27.3 Å². The van der Waals surface area contributed by atoms with Crippen LogP contribution in [0.3, 0.4) is 0 Å². The molecule has 0 saturated carbocycles. The number of carbonyl (C=O) groups excluding carboxylic acids is 1. The summed E-state index contributed by atoms with van der Waals surface area (Å²) in [6.45, 7) is -1.10. The zero-order valence-electron chi connectivity index (χ0n) is 21.8. The number of hydrogen-bond acceptors (Lipinski definition) is 7. The molecule has 0 bridgehead atoms. The minimum absolute atomic E-state index is 0.00643. The smallest absolute Gasteiger partial charge is 0.387 e. The second-order valence-corrected chi connectivity index (χ2v) is 10.7. The van der Waals surface area contributed by atoms with Crippen LogP contribution in [0.2, 0.25) is 0 Å². The first kappa shape index (κ1) is 28.4. The molecule has 3 aromatic carbocycles. The number of aromatic nitrogens is 1. The fourth-order valence-corrected chi connectivity index (χ4v) is 5.93. The fourth-order valence-electron chi connectivity index (χ4n) is 4.55. The Morgan fingerprint density at radius 1 is 1.12 bits per heavy atom. The van der Waals surface area contributed by atoms with Crippen molar-refractivity contribution in [1.29, 1.82) is 0 Å². The number of hydrogen-bond donors (Lipinski definition) is 0. The van der Waals surface area contributed by atoms with Gasteiger partial charge < -0.3 is 14.2 Å². The van der Waals surface area contributed by atoms with Crippen LogP contribution in [0.5, 0.6) is 11.5 Å². The molecule has 4 aromatic rings. The second-order valence-electron chi connectivity index (χ2n) is 8.77. The Hall–Kier alpha value is -4.09. The van der Waals surface area contributed by atoms with Gasteiger partial charge >= 0.3 is 12.6 Å². The Morgan fingerprint density at radius 3 is 2.51 bits per heavy atom. The van der Waals surface area contributed by atoms with Crippen molar-refractivity contribution in [1.82, 2.24) is 4.57 Å². The summed E-state index contributed by atoms with van der Waals surface area (Å²) >= 11 is 4.66. The maximum Gasteiger partial charge on any atom is 0.387 e. The van der Waals surface area contributed by atoms with Crippen molar-refractivity contribution in [3.8, 4) is 11.5 Å². The number of methoxy groups -OCH3 is 1. The van der Waals surface area contributed by atoms with Crippen molar-refractivity contribution < 1.29 is 27.8 Å². The average molecular weight is 641 g/mol. The second kappa shape index (κ2) is 12.2. The molecule has 0 fully saturated rings. The van der Waals surface area contributed by atoms with Crippen LogP contribution in [0.1, 0.15) is 29.7 Å². The largest absolute Gasteiger partial charge is 0.496 e. The lowest BCUT2D eigenvalue weighted by atomic mass is 9.92. The Morgan fingerprint density at radius 2 is 1.85 bits per heavy atom. The molecule has 0 radical (unpaired) electrons. The number of fused-ring (bicyclic) bond motifs is 1. The molecule has 0 amide bonds. The normalized spacial score (nSPS) is 15.0. The van der Waals surface area contributed by atoms with Crippen molar-refractivity contribution >= 4 is 45.0 Å². The van der Waals surface area contributed by atoms with Crippen molar-refractivity contribution in [2.24, 2.45) is 4.99 Å². The average Bonchev–Trinajstić information content (AvgIpc) is 3.27. The molecule has 0 saturated heterocycles. The van der Waals surface area contributed by atoms with Crippen LogP contribution in [0.15, 0.2) is 92.6 Å². The monoisotopic (exact) mass is 640 g/mol. The number of rotatable bonds is 8. The van der Waals surface area contributed by atoms with Crippen molar-refractivity contribution in [2.45, 2.75) is 19.6 Å². The summed E-state index contributed by atoms with van der Waals surface area (Å²) in [7, 11) is 1.52. The van der Waals surface area contributed by atoms with E-state index in [1.807, 2.05) is 30.3 Å². The number of benzene rings is 3. The summed E-state index contributed by atoms with van der Waals surface area (Å²) in [6, 6.07) is 19.6. The van der Waals surface area contributed by atoms with Gasteiger partial charge in [0.05, 0.1) is 29.5 Å². The number of ether oxygens (including phenoxy) is 3. The van der Waals surface area contributed by atoms with Crippen LogP contribution in [0.25, 0.3) is 11.8 Å². The van der Waals surface area contributed by atoms with E-state index in [4.69, 9.17) is 14.5 Å². The van der Waals surface area contributed by atoms with Gasteiger partial charge in [0.1, 0.15) is 17.5 Å². The predicted molar refractivity (Wildman–Crippen MR) is 155 cm³/mol. The maximum atomic E-state index is 14.0. The number of carbonyl (C=O) groups is 1. The van der Waals surface area contributed by atoms with E-state index in [0.717, 1.165) is 15.8 Å². The topological polar surface area (TPSA) is 79.1 Å².